The van der Waals surface area contributed by atoms with Crippen LogP contribution in [-0.4, -0.2) is 21.2 Å². The second-order valence-electron chi connectivity index (χ2n) is 3.31. The highest BCUT2D eigenvalue weighted by atomic mass is 16.3. The summed E-state index contributed by atoms with van der Waals surface area (Å²) in [6, 6.07) is 7.06. The fourth-order valence-corrected chi connectivity index (χ4v) is 1.53. The van der Waals surface area contributed by atoms with Gasteiger partial charge in [-0.3, -0.25) is 0 Å². The Balaban J connectivity index is 2.40. The average molecular weight is 203 g/mol. The van der Waals surface area contributed by atoms with Crippen LogP contribution in [-0.2, 0) is 6.42 Å². The highest BCUT2D eigenvalue weighted by molar-refractivity contribution is 5.39. The van der Waals surface area contributed by atoms with Crippen molar-refractivity contribution in [2.45, 2.75) is 6.42 Å². The van der Waals surface area contributed by atoms with Gasteiger partial charge in [0.2, 0.25) is 0 Å². The van der Waals surface area contributed by atoms with Crippen LogP contribution < -0.4 is 5.73 Å². The summed E-state index contributed by atoms with van der Waals surface area (Å²) < 4.78 is 1.92. The van der Waals surface area contributed by atoms with Crippen LogP contribution in [0.2, 0.25) is 0 Å². The first-order valence-electron chi connectivity index (χ1n) is 4.82. The zero-order chi connectivity index (χ0) is 10.7. The predicted octanol–water partition coefficient (Wildman–Crippen LogP) is 1.08. The number of nitrogens with zero attached hydrogens (tertiary/aromatic N) is 2. The Hall–Kier alpha value is -1.81. The number of nitrogens with two attached hydrogens (primary N) is 1. The van der Waals surface area contributed by atoms with E-state index in [1.807, 2.05) is 10.6 Å². The lowest BCUT2D eigenvalue weighted by atomic mass is 10.2. The van der Waals surface area contributed by atoms with Gasteiger partial charge in [0.25, 0.3) is 0 Å². The average Bonchev–Trinajstić information content (AvgIpc) is 2.66. The van der Waals surface area contributed by atoms with Gasteiger partial charge in [-0.05, 0) is 18.7 Å². The van der Waals surface area contributed by atoms with Crippen LogP contribution in [0.25, 0.3) is 5.69 Å². The van der Waals surface area contributed by atoms with Gasteiger partial charge >= 0.3 is 0 Å². The number of hydrogen-bond acceptors (Lipinski definition) is 3. The molecule has 0 unspecified atom stereocenters. The zero-order valence-electron chi connectivity index (χ0n) is 8.30. The third kappa shape index (κ3) is 1.99. The summed E-state index contributed by atoms with van der Waals surface area (Å²) in [4.78, 5) is 4.07. The van der Waals surface area contributed by atoms with Gasteiger partial charge in [0.05, 0.1) is 12.0 Å². The van der Waals surface area contributed by atoms with Crippen LogP contribution >= 0.6 is 0 Å². The molecule has 3 N–H and O–H groups in total. The van der Waals surface area contributed by atoms with Crippen LogP contribution in [0.1, 0.15) is 5.69 Å². The van der Waals surface area contributed by atoms with Gasteiger partial charge in [-0.2, -0.15) is 0 Å². The number of rotatable bonds is 3. The molecule has 2 aromatic rings. The molecule has 0 atom stereocenters. The van der Waals surface area contributed by atoms with Crippen molar-refractivity contribution >= 4 is 0 Å². The Kier molecular flexibility index (Phi) is 2.69. The molecule has 0 bridgehead atoms. The fourth-order valence-electron chi connectivity index (χ4n) is 1.53. The standard InChI is InChI=1S/C11H13N3O/c12-5-4-10-7-13-8-14(10)9-2-1-3-11(15)6-9/h1-3,6-8,15H,4-5,12H2. The monoisotopic (exact) mass is 203 g/mol. The number of benzene rings is 1. The van der Waals surface area contributed by atoms with Crippen LogP contribution in [0.5, 0.6) is 5.75 Å². The Bertz CT molecular complexity index is 451. The topological polar surface area (TPSA) is 64.1 Å². The summed E-state index contributed by atoms with van der Waals surface area (Å²) in [6.45, 7) is 0.588. The van der Waals surface area contributed by atoms with Gasteiger partial charge in [-0.1, -0.05) is 6.07 Å². The third-order valence-electron chi connectivity index (χ3n) is 2.22. The molecule has 4 heteroatoms. The minimum absolute atomic E-state index is 0.250. The van der Waals surface area contributed by atoms with E-state index in [4.69, 9.17) is 5.73 Å². The molecule has 0 spiro atoms. The van der Waals surface area contributed by atoms with Crippen molar-refractivity contribution in [3.8, 4) is 11.4 Å². The molecule has 0 aliphatic heterocycles. The van der Waals surface area contributed by atoms with Crippen molar-refractivity contribution in [1.82, 2.24) is 9.55 Å². The van der Waals surface area contributed by atoms with Crippen molar-refractivity contribution < 1.29 is 5.11 Å². The van der Waals surface area contributed by atoms with Crippen molar-refractivity contribution in [2.24, 2.45) is 5.73 Å². The van der Waals surface area contributed by atoms with E-state index in [1.165, 1.54) is 0 Å². The third-order valence-corrected chi connectivity index (χ3v) is 2.22. The van der Waals surface area contributed by atoms with Crippen LogP contribution in [0, 0.1) is 0 Å². The molecule has 15 heavy (non-hydrogen) atoms. The molecule has 4 nitrogen and oxygen atoms in total. The van der Waals surface area contributed by atoms with Gasteiger partial charge in [-0.15, -0.1) is 0 Å². The molecule has 2 rings (SSSR count). The molecule has 78 valence electrons. The number of phenols is 1. The quantitative estimate of drug-likeness (QED) is 0.784. The van der Waals surface area contributed by atoms with E-state index in [2.05, 4.69) is 4.98 Å². The Morgan fingerprint density at radius 3 is 3.00 bits per heavy atom. The number of phenolic OH excluding ortho intramolecular Hbond substituents is 1. The molecule has 0 saturated heterocycles. The predicted molar refractivity (Wildman–Crippen MR) is 58.0 cm³/mol. The lowest BCUT2D eigenvalue weighted by molar-refractivity contribution is 0.475. The maximum absolute atomic E-state index is 9.37. The highest BCUT2D eigenvalue weighted by Gasteiger charge is 2.03. The molecule has 0 saturated carbocycles. The molecule has 1 heterocycles. The van der Waals surface area contributed by atoms with Gasteiger partial charge in [-0.25, -0.2) is 4.98 Å². The molecular formula is C11H13N3O. The van der Waals surface area contributed by atoms with Gasteiger partial charge in [0.1, 0.15) is 5.75 Å². The zero-order valence-corrected chi connectivity index (χ0v) is 8.30. The first kappa shape index (κ1) is 9.73. The minimum Gasteiger partial charge on any atom is -0.508 e. The van der Waals surface area contributed by atoms with Crippen LogP contribution in [0.15, 0.2) is 36.8 Å². The summed E-state index contributed by atoms with van der Waals surface area (Å²) >= 11 is 0. The molecule has 0 aliphatic rings. The van der Waals surface area contributed by atoms with Gasteiger partial charge < -0.3 is 15.4 Å². The van der Waals surface area contributed by atoms with Gasteiger partial charge in [0.15, 0.2) is 0 Å². The first-order valence-corrected chi connectivity index (χ1v) is 4.82. The van der Waals surface area contributed by atoms with Gasteiger partial charge in [0, 0.05) is 24.4 Å². The molecule has 0 fully saturated rings. The van der Waals surface area contributed by atoms with Crippen molar-refractivity contribution in [3.63, 3.8) is 0 Å². The van der Waals surface area contributed by atoms with E-state index in [0.29, 0.717) is 6.54 Å². The van der Waals surface area contributed by atoms with E-state index in [1.54, 1.807) is 30.7 Å². The molecular weight excluding hydrogens is 190 g/mol. The summed E-state index contributed by atoms with van der Waals surface area (Å²) in [5, 5.41) is 9.37. The second-order valence-corrected chi connectivity index (χ2v) is 3.31. The van der Waals surface area contributed by atoms with E-state index in [-0.39, 0.29) is 5.75 Å². The normalized spacial score (nSPS) is 10.5. The maximum Gasteiger partial charge on any atom is 0.117 e. The van der Waals surface area contributed by atoms with E-state index >= 15 is 0 Å². The second kappa shape index (κ2) is 4.14. The largest absolute Gasteiger partial charge is 0.508 e. The van der Waals surface area contributed by atoms with Crippen molar-refractivity contribution in [2.75, 3.05) is 6.54 Å². The smallest absolute Gasteiger partial charge is 0.117 e. The summed E-state index contributed by atoms with van der Waals surface area (Å²) in [5.41, 5.74) is 7.45. The minimum atomic E-state index is 0.250. The number of aromatic hydroxyl groups is 1. The molecule has 0 aliphatic carbocycles. The van der Waals surface area contributed by atoms with Crippen LogP contribution in [0.4, 0.5) is 0 Å². The Morgan fingerprint density at radius 2 is 2.27 bits per heavy atom. The summed E-state index contributed by atoms with van der Waals surface area (Å²) in [6.07, 6.45) is 4.28. The van der Waals surface area contributed by atoms with E-state index < -0.39 is 0 Å². The number of aromatic nitrogens is 2. The Labute approximate surface area is 88.0 Å². The maximum atomic E-state index is 9.37. The van der Waals surface area contributed by atoms with Crippen molar-refractivity contribution in [1.29, 1.82) is 0 Å². The lowest BCUT2D eigenvalue weighted by Crippen LogP contribution is -2.07. The fraction of sp³-hybridized carbons (Fsp3) is 0.182. The van der Waals surface area contributed by atoms with Crippen LogP contribution in [0.3, 0.4) is 0 Å². The molecule has 1 aromatic carbocycles. The summed E-state index contributed by atoms with van der Waals surface area (Å²) in [5.74, 6) is 0.250. The van der Waals surface area contributed by atoms with Crippen molar-refractivity contribution in [3.05, 3.63) is 42.5 Å². The first-order chi connectivity index (χ1) is 7.31. The molecule has 0 amide bonds. The molecule has 1 aromatic heterocycles. The SMILES string of the molecule is NCCc1cncn1-c1cccc(O)c1. The highest BCUT2D eigenvalue weighted by Crippen LogP contribution is 2.16. The Morgan fingerprint density at radius 1 is 1.40 bits per heavy atom. The summed E-state index contributed by atoms with van der Waals surface area (Å²) in [7, 11) is 0. The number of imidazole rings is 1. The van der Waals surface area contributed by atoms with E-state index in [0.717, 1.165) is 17.8 Å². The molecule has 0 radical (unpaired) electrons. The lowest BCUT2D eigenvalue weighted by Gasteiger charge is -2.07. The number of hydrogen-bond donors (Lipinski definition) is 2. The van der Waals surface area contributed by atoms with E-state index in [9.17, 15) is 5.11 Å².